The first-order chi connectivity index (χ1) is 19.6. The van der Waals surface area contributed by atoms with Gasteiger partial charge in [-0.05, 0) is 30.2 Å². The second-order valence-electron chi connectivity index (χ2n) is 9.61. The Balaban J connectivity index is 0.000000152. The molecule has 0 amide bonds. The van der Waals surface area contributed by atoms with Crippen molar-refractivity contribution in [3.8, 4) is 33.6 Å². The summed E-state index contributed by atoms with van der Waals surface area (Å²) in [6, 6.07) is 47.0. The van der Waals surface area contributed by atoms with E-state index in [1.165, 1.54) is 49.4 Å². The van der Waals surface area contributed by atoms with Crippen LogP contribution in [0.3, 0.4) is 0 Å². The maximum absolute atomic E-state index is 5.74. The SMILES string of the molecule is Cc1cc2c(-c3ccccc3)cccc2[cH-]1.Cc1ccc(-c2cc3c(-c4ccccc4)cccc3[cH-]2)o1.[Cl][Zr+2][Cl]. The van der Waals surface area contributed by atoms with E-state index in [1.54, 1.807) is 0 Å². The van der Waals surface area contributed by atoms with E-state index in [0.717, 1.165) is 17.1 Å². The molecule has 0 bridgehead atoms. The topological polar surface area (TPSA) is 13.1 Å². The molecule has 1 nitrogen and oxygen atoms in total. The number of halogens is 2. The van der Waals surface area contributed by atoms with Crippen molar-refractivity contribution in [3.63, 3.8) is 0 Å². The van der Waals surface area contributed by atoms with Crippen molar-refractivity contribution >= 4 is 38.6 Å². The van der Waals surface area contributed by atoms with Crippen molar-refractivity contribution < 1.29 is 25.3 Å². The molecule has 7 aromatic rings. The Bertz CT molecular complexity index is 1810. The molecular weight excluding hydrogens is 611 g/mol. The summed E-state index contributed by atoms with van der Waals surface area (Å²) in [5.41, 5.74) is 7.60. The van der Waals surface area contributed by atoms with E-state index in [9.17, 15) is 0 Å². The van der Waals surface area contributed by atoms with Crippen molar-refractivity contribution in [2.24, 2.45) is 0 Å². The molecule has 6 aromatic carbocycles. The van der Waals surface area contributed by atoms with Crippen LogP contribution in [-0.4, -0.2) is 0 Å². The Labute approximate surface area is 254 Å². The monoisotopic (exact) mass is 636 g/mol. The van der Waals surface area contributed by atoms with Crippen LogP contribution in [0.25, 0.3) is 55.1 Å². The first-order valence-electron chi connectivity index (χ1n) is 13.1. The number of aryl methyl sites for hydroxylation is 2. The van der Waals surface area contributed by atoms with Gasteiger partial charge in [-0.15, -0.1) is 63.5 Å². The molecule has 0 radical (unpaired) electrons. The molecule has 1 aromatic heterocycles. The van der Waals surface area contributed by atoms with E-state index in [-0.39, 0.29) is 0 Å². The fourth-order valence-corrected chi connectivity index (χ4v) is 5.09. The molecule has 7 rings (SSSR count). The second kappa shape index (κ2) is 13.5. The average molecular weight is 639 g/mol. The van der Waals surface area contributed by atoms with E-state index >= 15 is 0 Å². The molecule has 0 unspecified atom stereocenters. The van der Waals surface area contributed by atoms with E-state index in [0.29, 0.717) is 0 Å². The zero-order valence-electron chi connectivity index (χ0n) is 22.4. The normalized spacial score (nSPS) is 10.4. The number of benzene rings is 4. The Kier molecular flexibility index (Phi) is 9.55. The zero-order chi connectivity index (χ0) is 27.9. The molecule has 40 heavy (non-hydrogen) atoms. The molecule has 4 heteroatoms. The van der Waals surface area contributed by atoms with Gasteiger partial charge in [0.1, 0.15) is 0 Å². The first kappa shape index (κ1) is 28.4. The van der Waals surface area contributed by atoms with E-state index in [4.69, 9.17) is 21.4 Å². The third-order valence-electron chi connectivity index (χ3n) is 6.84. The van der Waals surface area contributed by atoms with E-state index in [2.05, 4.69) is 122 Å². The van der Waals surface area contributed by atoms with Gasteiger partial charge in [0.2, 0.25) is 0 Å². The molecule has 0 N–H and O–H groups in total. The second-order valence-corrected chi connectivity index (χ2v) is 13.3. The van der Waals surface area contributed by atoms with Crippen molar-refractivity contribution in [1.82, 2.24) is 0 Å². The number of hydrogen-bond donors (Lipinski definition) is 0. The fourth-order valence-electron chi connectivity index (χ4n) is 5.09. The van der Waals surface area contributed by atoms with Crippen LogP contribution in [0, 0.1) is 13.8 Å². The Morgan fingerprint density at radius 2 is 1.10 bits per heavy atom. The third-order valence-corrected chi connectivity index (χ3v) is 6.84. The molecule has 0 spiro atoms. The van der Waals surface area contributed by atoms with Gasteiger partial charge in [0.25, 0.3) is 0 Å². The Hall–Kier alpha value is -3.16. The van der Waals surface area contributed by atoms with Crippen molar-refractivity contribution in [1.29, 1.82) is 0 Å². The standard InChI is InChI=1S/C20H15O.C16H13.2ClH.Zr/c1-14-10-11-20(21-14)17-12-16-8-5-9-18(19(16)13-17)15-6-3-2-4-7-15;1-12-10-14-8-5-9-15(16(14)11-12)13-6-3-2-4-7-13;;;/h2-13H,1H3;2-11H,1H3;2*1H;/q2*-1;;;+4/p-2. The fraction of sp³-hybridized carbons (Fsp3) is 0.0556. The van der Waals surface area contributed by atoms with Crippen LogP contribution < -0.4 is 0 Å². The summed E-state index contributed by atoms with van der Waals surface area (Å²) in [5, 5.41) is 5.21. The summed E-state index contributed by atoms with van der Waals surface area (Å²) in [6.45, 7) is 4.12. The molecular formula is C36H28Cl2OZr. The average Bonchev–Trinajstić information content (AvgIpc) is 3.71. The number of fused-ring (bicyclic) bond motifs is 2. The van der Waals surface area contributed by atoms with E-state index in [1.807, 2.05) is 25.1 Å². The molecule has 0 aliphatic carbocycles. The van der Waals surface area contributed by atoms with Crippen molar-refractivity contribution in [2.45, 2.75) is 13.8 Å². The van der Waals surface area contributed by atoms with Crippen molar-refractivity contribution in [2.75, 3.05) is 0 Å². The van der Waals surface area contributed by atoms with Crippen LogP contribution in [0.4, 0.5) is 0 Å². The van der Waals surface area contributed by atoms with Gasteiger partial charge < -0.3 is 4.42 Å². The molecule has 0 aliphatic heterocycles. The number of hydrogen-bond acceptors (Lipinski definition) is 1. The number of furan rings is 1. The van der Waals surface area contributed by atoms with Gasteiger partial charge in [0, 0.05) is 0 Å². The summed E-state index contributed by atoms with van der Waals surface area (Å²) in [5.74, 6) is 1.88. The summed E-state index contributed by atoms with van der Waals surface area (Å²) >= 11 is -0.826. The van der Waals surface area contributed by atoms with Crippen molar-refractivity contribution in [3.05, 3.63) is 145 Å². The van der Waals surface area contributed by atoms with Gasteiger partial charge in [-0.3, -0.25) is 0 Å². The summed E-state index contributed by atoms with van der Waals surface area (Å²) in [4.78, 5) is 0. The van der Waals surface area contributed by atoms with Crippen LogP contribution in [0.2, 0.25) is 0 Å². The Morgan fingerprint density at radius 3 is 1.62 bits per heavy atom. The minimum atomic E-state index is -0.826. The number of rotatable bonds is 3. The van der Waals surface area contributed by atoms with Gasteiger partial charge in [-0.1, -0.05) is 102 Å². The molecule has 1 heterocycles. The minimum absolute atomic E-state index is 0.826. The summed E-state index contributed by atoms with van der Waals surface area (Å²) in [7, 11) is 9.87. The van der Waals surface area contributed by atoms with Gasteiger partial charge in [-0.2, -0.15) is 6.07 Å². The predicted molar refractivity (Wildman–Crippen MR) is 169 cm³/mol. The molecule has 0 saturated heterocycles. The summed E-state index contributed by atoms with van der Waals surface area (Å²) < 4.78 is 5.74. The molecule has 0 atom stereocenters. The van der Waals surface area contributed by atoms with Crippen LogP contribution in [0.5, 0.6) is 0 Å². The van der Waals surface area contributed by atoms with E-state index < -0.39 is 20.8 Å². The molecule has 0 aliphatic rings. The van der Waals surface area contributed by atoms with Gasteiger partial charge in [0.05, 0.1) is 11.5 Å². The third kappa shape index (κ3) is 6.59. The van der Waals surface area contributed by atoms with Crippen LogP contribution in [0.15, 0.2) is 138 Å². The van der Waals surface area contributed by atoms with Gasteiger partial charge in [-0.25, -0.2) is 0 Å². The van der Waals surface area contributed by atoms with Crippen LogP contribution in [0.1, 0.15) is 11.3 Å². The molecule has 0 saturated carbocycles. The van der Waals surface area contributed by atoms with Gasteiger partial charge in [0.15, 0.2) is 0 Å². The summed E-state index contributed by atoms with van der Waals surface area (Å²) in [6.07, 6.45) is 0. The Morgan fingerprint density at radius 1 is 0.575 bits per heavy atom. The molecule has 0 fully saturated rings. The van der Waals surface area contributed by atoms with Crippen LogP contribution in [-0.2, 0) is 20.8 Å². The quantitative estimate of drug-likeness (QED) is 0.176. The maximum atomic E-state index is 5.74. The molecule has 196 valence electrons. The first-order valence-corrected chi connectivity index (χ1v) is 19.4. The van der Waals surface area contributed by atoms with Crippen LogP contribution >= 0.6 is 17.0 Å². The zero-order valence-corrected chi connectivity index (χ0v) is 26.3. The van der Waals surface area contributed by atoms with Gasteiger partial charge >= 0.3 is 37.9 Å². The predicted octanol–water partition coefficient (Wildman–Crippen LogP) is 11.7.